The predicted molar refractivity (Wildman–Crippen MR) is 48.6 cm³/mol. The molecule has 1 aliphatic carbocycles. The van der Waals surface area contributed by atoms with Crippen LogP contribution in [0.5, 0.6) is 0 Å². The lowest BCUT2D eigenvalue weighted by molar-refractivity contribution is -0.149. The SMILES string of the molecule is C[C@@H]1C[C@@H]2CC(O)CC(O)=C2C(=O)O1. The summed E-state index contributed by atoms with van der Waals surface area (Å²) in [5.41, 5.74) is 0.383. The Labute approximate surface area is 82.2 Å². The highest BCUT2D eigenvalue weighted by atomic mass is 16.5. The first-order valence-electron chi connectivity index (χ1n) is 4.89. The normalized spacial score (nSPS) is 37.9. The van der Waals surface area contributed by atoms with Crippen LogP contribution in [0.3, 0.4) is 0 Å². The molecule has 78 valence electrons. The average molecular weight is 198 g/mol. The Balaban J connectivity index is 2.30. The van der Waals surface area contributed by atoms with E-state index >= 15 is 0 Å². The molecule has 4 heteroatoms. The molecule has 0 aromatic heterocycles. The second-order valence-corrected chi connectivity index (χ2v) is 4.10. The fourth-order valence-corrected chi connectivity index (χ4v) is 2.29. The summed E-state index contributed by atoms with van der Waals surface area (Å²) >= 11 is 0. The smallest absolute Gasteiger partial charge is 0.337 e. The van der Waals surface area contributed by atoms with Crippen LogP contribution in [0, 0.1) is 5.92 Å². The van der Waals surface area contributed by atoms with E-state index in [1.807, 2.05) is 6.92 Å². The molecule has 1 heterocycles. The monoisotopic (exact) mass is 198 g/mol. The van der Waals surface area contributed by atoms with E-state index in [9.17, 15) is 15.0 Å². The van der Waals surface area contributed by atoms with Gasteiger partial charge in [0, 0.05) is 12.3 Å². The molecule has 1 unspecified atom stereocenters. The minimum Gasteiger partial charge on any atom is -0.512 e. The zero-order valence-corrected chi connectivity index (χ0v) is 8.06. The molecule has 4 nitrogen and oxygen atoms in total. The molecule has 0 aromatic rings. The second kappa shape index (κ2) is 3.28. The first-order valence-corrected chi connectivity index (χ1v) is 4.89. The molecular weight excluding hydrogens is 184 g/mol. The van der Waals surface area contributed by atoms with Gasteiger partial charge in [-0.3, -0.25) is 0 Å². The van der Waals surface area contributed by atoms with Gasteiger partial charge in [-0.05, 0) is 19.8 Å². The summed E-state index contributed by atoms with van der Waals surface area (Å²) in [5.74, 6) is -0.446. The van der Waals surface area contributed by atoms with E-state index in [0.717, 1.165) is 0 Å². The van der Waals surface area contributed by atoms with Crippen LogP contribution >= 0.6 is 0 Å². The molecule has 2 N–H and O–H groups in total. The molecule has 0 spiro atoms. The van der Waals surface area contributed by atoms with Gasteiger partial charge < -0.3 is 14.9 Å². The Hall–Kier alpha value is -1.03. The number of carbonyl (C=O) groups is 1. The third-order valence-electron chi connectivity index (χ3n) is 2.85. The summed E-state index contributed by atoms with van der Waals surface area (Å²) in [7, 11) is 0. The summed E-state index contributed by atoms with van der Waals surface area (Å²) < 4.78 is 5.02. The summed E-state index contributed by atoms with van der Waals surface area (Å²) in [6, 6.07) is 0. The fourth-order valence-electron chi connectivity index (χ4n) is 2.29. The van der Waals surface area contributed by atoms with Crippen LogP contribution in [0.4, 0.5) is 0 Å². The highest BCUT2D eigenvalue weighted by molar-refractivity contribution is 5.90. The van der Waals surface area contributed by atoms with Crippen molar-refractivity contribution in [2.45, 2.75) is 38.4 Å². The van der Waals surface area contributed by atoms with Crippen LogP contribution < -0.4 is 0 Å². The lowest BCUT2D eigenvalue weighted by Crippen LogP contribution is -2.36. The fraction of sp³-hybridized carbons (Fsp3) is 0.700. The van der Waals surface area contributed by atoms with Gasteiger partial charge in [0.25, 0.3) is 0 Å². The number of rotatable bonds is 0. The predicted octanol–water partition coefficient (Wildman–Crippen LogP) is 0.905. The molecular formula is C10H14O4. The van der Waals surface area contributed by atoms with Crippen molar-refractivity contribution in [3.63, 3.8) is 0 Å². The van der Waals surface area contributed by atoms with Crippen molar-refractivity contribution in [1.29, 1.82) is 0 Å². The van der Waals surface area contributed by atoms with Crippen molar-refractivity contribution in [3.05, 3.63) is 11.3 Å². The second-order valence-electron chi connectivity index (χ2n) is 4.10. The van der Waals surface area contributed by atoms with Crippen LogP contribution in [0.2, 0.25) is 0 Å². The van der Waals surface area contributed by atoms with Crippen molar-refractivity contribution in [2.75, 3.05) is 0 Å². The Bertz CT molecular complexity index is 294. The average Bonchev–Trinajstić information content (AvgIpc) is 1.99. The molecule has 0 aromatic carbocycles. The molecule has 2 aliphatic rings. The Morgan fingerprint density at radius 1 is 1.43 bits per heavy atom. The molecule has 0 bridgehead atoms. The first-order chi connectivity index (χ1) is 6.58. The van der Waals surface area contributed by atoms with E-state index in [1.54, 1.807) is 0 Å². The van der Waals surface area contributed by atoms with Crippen LogP contribution in [0.25, 0.3) is 0 Å². The van der Waals surface area contributed by atoms with E-state index in [0.29, 0.717) is 18.4 Å². The maximum Gasteiger partial charge on any atom is 0.337 e. The van der Waals surface area contributed by atoms with Gasteiger partial charge in [0.2, 0.25) is 0 Å². The van der Waals surface area contributed by atoms with E-state index in [4.69, 9.17) is 4.74 Å². The molecule has 1 fully saturated rings. The zero-order valence-electron chi connectivity index (χ0n) is 8.06. The van der Waals surface area contributed by atoms with Crippen molar-refractivity contribution in [3.8, 4) is 0 Å². The maximum absolute atomic E-state index is 11.4. The van der Waals surface area contributed by atoms with E-state index in [2.05, 4.69) is 0 Å². The number of aliphatic hydroxyl groups excluding tert-OH is 2. The number of ether oxygens (including phenoxy) is 1. The molecule has 3 atom stereocenters. The lowest BCUT2D eigenvalue weighted by Gasteiger charge is -2.34. The van der Waals surface area contributed by atoms with E-state index < -0.39 is 12.1 Å². The van der Waals surface area contributed by atoms with Crippen LogP contribution in [-0.2, 0) is 9.53 Å². The zero-order chi connectivity index (χ0) is 10.3. The van der Waals surface area contributed by atoms with Gasteiger partial charge in [-0.2, -0.15) is 0 Å². The lowest BCUT2D eigenvalue weighted by atomic mass is 9.80. The molecule has 1 aliphatic heterocycles. The molecule has 1 saturated heterocycles. The minimum atomic E-state index is -0.526. The number of aliphatic hydroxyl groups is 2. The van der Waals surface area contributed by atoms with Gasteiger partial charge >= 0.3 is 5.97 Å². The van der Waals surface area contributed by atoms with Crippen molar-refractivity contribution >= 4 is 5.97 Å². The van der Waals surface area contributed by atoms with Crippen molar-refractivity contribution in [1.82, 2.24) is 0 Å². The summed E-state index contributed by atoms with van der Waals surface area (Å²) in [4.78, 5) is 11.4. The van der Waals surface area contributed by atoms with Gasteiger partial charge in [0.1, 0.15) is 5.76 Å². The standard InChI is InChI=1S/C10H14O4/c1-5-2-6-3-7(11)4-8(12)9(6)10(13)14-5/h5-7,11-12H,2-4H2,1H3/t5-,6-,7?/m1/s1. The third kappa shape index (κ3) is 1.50. The maximum atomic E-state index is 11.4. The Morgan fingerprint density at radius 3 is 2.86 bits per heavy atom. The van der Waals surface area contributed by atoms with E-state index in [-0.39, 0.29) is 24.2 Å². The van der Waals surface area contributed by atoms with Gasteiger partial charge in [0.05, 0.1) is 17.8 Å². The van der Waals surface area contributed by atoms with Crippen molar-refractivity contribution < 1.29 is 19.7 Å². The molecule has 0 saturated carbocycles. The molecule has 14 heavy (non-hydrogen) atoms. The van der Waals surface area contributed by atoms with Crippen LogP contribution in [-0.4, -0.2) is 28.4 Å². The topological polar surface area (TPSA) is 66.8 Å². The van der Waals surface area contributed by atoms with E-state index in [1.165, 1.54) is 0 Å². The Morgan fingerprint density at radius 2 is 2.14 bits per heavy atom. The molecule has 0 radical (unpaired) electrons. The van der Waals surface area contributed by atoms with Crippen LogP contribution in [0.15, 0.2) is 11.3 Å². The number of esters is 1. The number of hydrogen-bond acceptors (Lipinski definition) is 4. The van der Waals surface area contributed by atoms with Crippen molar-refractivity contribution in [2.24, 2.45) is 5.92 Å². The highest BCUT2D eigenvalue weighted by Gasteiger charge is 2.38. The van der Waals surface area contributed by atoms with Crippen LogP contribution in [0.1, 0.15) is 26.2 Å². The molecule has 0 amide bonds. The van der Waals surface area contributed by atoms with Gasteiger partial charge in [-0.1, -0.05) is 0 Å². The number of carbonyl (C=O) groups excluding carboxylic acids is 1. The van der Waals surface area contributed by atoms with Gasteiger partial charge in [0.15, 0.2) is 0 Å². The highest BCUT2D eigenvalue weighted by Crippen LogP contribution is 2.36. The molecule has 2 rings (SSSR count). The first kappa shape index (κ1) is 9.52. The number of fused-ring (bicyclic) bond motifs is 1. The number of cyclic esters (lactones) is 1. The Kier molecular flexibility index (Phi) is 2.23. The summed E-state index contributed by atoms with van der Waals surface area (Å²) in [6.07, 6.45) is 0.785. The quantitative estimate of drug-likeness (QED) is 0.568. The van der Waals surface area contributed by atoms with Gasteiger partial charge in [-0.15, -0.1) is 0 Å². The third-order valence-corrected chi connectivity index (χ3v) is 2.85. The van der Waals surface area contributed by atoms with Gasteiger partial charge in [-0.25, -0.2) is 4.79 Å². The summed E-state index contributed by atoms with van der Waals surface area (Å²) in [5, 5.41) is 19.0. The minimum absolute atomic E-state index is 0.00523. The largest absolute Gasteiger partial charge is 0.512 e. The summed E-state index contributed by atoms with van der Waals surface area (Å²) in [6.45, 7) is 1.83. The number of hydrogen-bond donors (Lipinski definition) is 2.